The number of hydrogen-bond donors (Lipinski definition) is 1. The number of amides is 3. The molecule has 1 heterocycles. The summed E-state index contributed by atoms with van der Waals surface area (Å²) in [5.41, 5.74) is 0.528. The number of nitrogens with one attached hydrogen (secondary N) is 1. The van der Waals surface area contributed by atoms with Crippen LogP contribution in [-0.2, 0) is 9.63 Å². The largest absolute Gasteiger partial charge is 0.482 e. The Kier molecular flexibility index (Phi) is 6.06. The Morgan fingerprint density at radius 2 is 2.17 bits per heavy atom. The number of halogens is 1. The number of anilines is 1. The van der Waals surface area contributed by atoms with Crippen LogP contribution in [-0.4, -0.2) is 55.8 Å². The second-order valence-electron chi connectivity index (χ2n) is 5.29. The van der Waals surface area contributed by atoms with Crippen molar-refractivity contribution in [1.82, 2.24) is 9.96 Å². The van der Waals surface area contributed by atoms with Gasteiger partial charge >= 0.3 is 6.03 Å². The van der Waals surface area contributed by atoms with E-state index in [-0.39, 0.29) is 18.5 Å². The Morgan fingerprint density at radius 3 is 2.78 bits per heavy atom. The number of ether oxygens (including phenoxy) is 1. The number of urea groups is 1. The van der Waals surface area contributed by atoms with Crippen LogP contribution in [0, 0.1) is 0 Å². The van der Waals surface area contributed by atoms with Gasteiger partial charge in [-0.1, -0.05) is 11.6 Å². The number of rotatable bonds is 4. The van der Waals surface area contributed by atoms with Crippen molar-refractivity contribution in [3.8, 4) is 5.75 Å². The lowest BCUT2D eigenvalue weighted by Gasteiger charge is -2.26. The summed E-state index contributed by atoms with van der Waals surface area (Å²) >= 11 is 6.12. The summed E-state index contributed by atoms with van der Waals surface area (Å²) < 4.78 is 5.37. The molecule has 0 radical (unpaired) electrons. The van der Waals surface area contributed by atoms with E-state index in [2.05, 4.69) is 5.32 Å². The molecule has 23 heavy (non-hydrogen) atoms. The van der Waals surface area contributed by atoms with E-state index in [0.29, 0.717) is 29.6 Å². The number of hydrogen-bond acceptors (Lipinski definition) is 4. The number of likely N-dealkylation sites (N-methyl/N-ethyl adjacent to an activating group) is 1. The molecule has 1 aromatic rings. The molecule has 0 unspecified atom stereocenters. The van der Waals surface area contributed by atoms with Crippen LogP contribution < -0.4 is 10.1 Å². The molecule has 1 N–H and O–H groups in total. The predicted octanol–water partition coefficient (Wildman–Crippen LogP) is 2.37. The maximum absolute atomic E-state index is 12.0. The summed E-state index contributed by atoms with van der Waals surface area (Å²) in [5, 5.41) is 4.33. The zero-order valence-electron chi connectivity index (χ0n) is 13.2. The minimum Gasteiger partial charge on any atom is -0.482 e. The minimum absolute atomic E-state index is 0.0972. The molecule has 1 aliphatic rings. The lowest BCUT2D eigenvalue weighted by atomic mass is 10.3. The first-order valence-electron chi connectivity index (χ1n) is 7.31. The summed E-state index contributed by atoms with van der Waals surface area (Å²) in [5.74, 6) is 0.217. The van der Waals surface area contributed by atoms with Crippen molar-refractivity contribution >= 4 is 29.2 Å². The van der Waals surface area contributed by atoms with Gasteiger partial charge in [0, 0.05) is 19.8 Å². The number of carbonyl (C=O) groups is 2. The highest BCUT2D eigenvalue weighted by Gasteiger charge is 2.18. The first kappa shape index (κ1) is 17.4. The molecule has 1 aromatic carbocycles. The Labute approximate surface area is 140 Å². The molecule has 1 saturated heterocycles. The van der Waals surface area contributed by atoms with Crippen LogP contribution in [0.15, 0.2) is 18.2 Å². The van der Waals surface area contributed by atoms with Crippen molar-refractivity contribution in [2.24, 2.45) is 0 Å². The van der Waals surface area contributed by atoms with E-state index in [9.17, 15) is 9.59 Å². The average Bonchev–Trinajstić information content (AvgIpc) is 2.54. The molecule has 7 nitrogen and oxygen atoms in total. The van der Waals surface area contributed by atoms with Crippen molar-refractivity contribution < 1.29 is 19.2 Å². The molecular formula is C15H20ClN3O4. The minimum atomic E-state index is -0.336. The third kappa shape index (κ3) is 5.01. The van der Waals surface area contributed by atoms with Gasteiger partial charge in [-0.15, -0.1) is 0 Å². The lowest BCUT2D eigenvalue weighted by Crippen LogP contribution is -2.38. The van der Waals surface area contributed by atoms with Gasteiger partial charge in [-0.05, 0) is 31.0 Å². The van der Waals surface area contributed by atoms with E-state index in [0.717, 1.165) is 12.8 Å². The summed E-state index contributed by atoms with van der Waals surface area (Å²) in [6.07, 6.45) is 1.87. The van der Waals surface area contributed by atoms with Gasteiger partial charge in [0.05, 0.1) is 18.2 Å². The van der Waals surface area contributed by atoms with Crippen LogP contribution in [0.25, 0.3) is 0 Å². The van der Waals surface area contributed by atoms with Gasteiger partial charge < -0.3 is 15.0 Å². The highest BCUT2D eigenvalue weighted by Crippen LogP contribution is 2.28. The molecule has 0 atom stereocenters. The number of hydroxylamine groups is 2. The number of benzene rings is 1. The third-order valence-electron chi connectivity index (χ3n) is 3.26. The van der Waals surface area contributed by atoms with Gasteiger partial charge in [0.2, 0.25) is 0 Å². The first-order valence-corrected chi connectivity index (χ1v) is 7.69. The molecule has 1 aliphatic heterocycles. The van der Waals surface area contributed by atoms with Crippen LogP contribution in [0.4, 0.5) is 10.5 Å². The number of carbonyl (C=O) groups excluding carboxylic acids is 2. The SMILES string of the molecule is CN(C)C(=O)COc1ccc(NC(=O)N2CCCCO2)cc1Cl. The van der Waals surface area contributed by atoms with Gasteiger partial charge in [-0.25, -0.2) is 9.86 Å². The molecule has 126 valence electrons. The van der Waals surface area contributed by atoms with Crippen LogP contribution >= 0.6 is 11.6 Å². The van der Waals surface area contributed by atoms with Crippen LogP contribution in [0.1, 0.15) is 12.8 Å². The Hall–Kier alpha value is -1.99. The quantitative estimate of drug-likeness (QED) is 0.912. The maximum atomic E-state index is 12.0. The molecule has 2 rings (SSSR count). The van der Waals surface area contributed by atoms with Crippen molar-refractivity contribution in [3.63, 3.8) is 0 Å². The molecule has 0 saturated carbocycles. The first-order chi connectivity index (χ1) is 11.0. The topological polar surface area (TPSA) is 71.1 Å². The third-order valence-corrected chi connectivity index (χ3v) is 3.56. The van der Waals surface area contributed by atoms with Gasteiger partial charge in [-0.2, -0.15) is 0 Å². The second kappa shape index (κ2) is 8.03. The average molecular weight is 342 g/mol. The highest BCUT2D eigenvalue weighted by molar-refractivity contribution is 6.32. The Bertz CT molecular complexity index is 574. The van der Waals surface area contributed by atoms with Gasteiger partial charge in [-0.3, -0.25) is 9.63 Å². The van der Waals surface area contributed by atoms with Crippen LogP contribution in [0.2, 0.25) is 5.02 Å². The van der Waals surface area contributed by atoms with Crippen LogP contribution in [0.5, 0.6) is 5.75 Å². The molecule has 8 heteroatoms. The molecule has 1 fully saturated rings. The van der Waals surface area contributed by atoms with E-state index >= 15 is 0 Å². The Balaban J connectivity index is 1.93. The summed E-state index contributed by atoms with van der Waals surface area (Å²) in [6, 6.07) is 4.50. The monoisotopic (exact) mass is 341 g/mol. The molecule has 0 spiro atoms. The smallest absolute Gasteiger partial charge is 0.345 e. The van der Waals surface area contributed by atoms with Crippen LogP contribution in [0.3, 0.4) is 0 Å². The fraction of sp³-hybridized carbons (Fsp3) is 0.467. The maximum Gasteiger partial charge on any atom is 0.345 e. The fourth-order valence-corrected chi connectivity index (χ4v) is 2.14. The zero-order valence-corrected chi connectivity index (χ0v) is 13.9. The van der Waals surface area contributed by atoms with Crippen molar-refractivity contribution in [3.05, 3.63) is 23.2 Å². The summed E-state index contributed by atoms with van der Waals surface area (Å²) in [7, 11) is 3.29. The fourth-order valence-electron chi connectivity index (χ4n) is 1.91. The van der Waals surface area contributed by atoms with E-state index < -0.39 is 0 Å². The van der Waals surface area contributed by atoms with E-state index in [4.69, 9.17) is 21.2 Å². The van der Waals surface area contributed by atoms with E-state index in [1.165, 1.54) is 9.96 Å². The van der Waals surface area contributed by atoms with E-state index in [1.807, 2.05) is 0 Å². The summed E-state index contributed by atoms with van der Waals surface area (Å²) in [4.78, 5) is 30.2. The normalized spacial score (nSPS) is 14.3. The van der Waals surface area contributed by atoms with Crippen molar-refractivity contribution in [1.29, 1.82) is 0 Å². The van der Waals surface area contributed by atoms with Gasteiger partial charge in [0.25, 0.3) is 5.91 Å². The molecule has 3 amide bonds. The second-order valence-corrected chi connectivity index (χ2v) is 5.70. The highest BCUT2D eigenvalue weighted by atomic mass is 35.5. The predicted molar refractivity (Wildman–Crippen MR) is 86.6 cm³/mol. The molecule has 0 bridgehead atoms. The standard InChI is InChI=1S/C15H20ClN3O4/c1-18(2)14(20)10-22-13-6-5-11(9-12(13)16)17-15(21)19-7-3-4-8-23-19/h5-6,9H,3-4,7-8,10H2,1-2H3,(H,17,21). The molecule has 0 aromatic heterocycles. The Morgan fingerprint density at radius 1 is 1.39 bits per heavy atom. The zero-order chi connectivity index (χ0) is 16.8. The van der Waals surface area contributed by atoms with Gasteiger partial charge in [0.15, 0.2) is 6.61 Å². The number of nitrogens with zero attached hydrogens (tertiary/aromatic N) is 2. The van der Waals surface area contributed by atoms with Crippen molar-refractivity contribution in [2.45, 2.75) is 12.8 Å². The molecular weight excluding hydrogens is 322 g/mol. The molecule has 0 aliphatic carbocycles. The van der Waals surface area contributed by atoms with Crippen molar-refractivity contribution in [2.75, 3.05) is 39.2 Å². The van der Waals surface area contributed by atoms with Gasteiger partial charge in [0.1, 0.15) is 5.75 Å². The lowest BCUT2D eigenvalue weighted by molar-refractivity contribution is -0.135. The van der Waals surface area contributed by atoms with E-state index in [1.54, 1.807) is 32.3 Å². The summed E-state index contributed by atoms with van der Waals surface area (Å²) in [6.45, 7) is 1.01.